The molecule has 4 aromatic rings. The lowest BCUT2D eigenvalue weighted by atomic mass is 10.2. The molecule has 1 aromatic carbocycles. The van der Waals surface area contributed by atoms with Gasteiger partial charge in [-0.05, 0) is 29.8 Å². The van der Waals surface area contributed by atoms with Crippen molar-refractivity contribution in [2.24, 2.45) is 4.99 Å². The molecular formula is C18H12N4O3. The predicted octanol–water partition coefficient (Wildman–Crippen LogP) is 4.25. The smallest absolute Gasteiger partial charge is 0.270 e. The number of nitro benzene ring substituents is 1. The first-order valence-corrected chi connectivity index (χ1v) is 7.52. The van der Waals surface area contributed by atoms with Crippen LogP contribution in [0.5, 0.6) is 0 Å². The van der Waals surface area contributed by atoms with Crippen LogP contribution in [0.3, 0.4) is 0 Å². The monoisotopic (exact) mass is 332 g/mol. The Labute approximate surface area is 142 Å². The van der Waals surface area contributed by atoms with Crippen molar-refractivity contribution in [2.45, 2.75) is 0 Å². The van der Waals surface area contributed by atoms with Crippen molar-refractivity contribution in [3.8, 4) is 11.5 Å². The van der Waals surface area contributed by atoms with E-state index in [1.165, 1.54) is 12.1 Å². The largest absolute Gasteiger partial charge is 0.463 e. The van der Waals surface area contributed by atoms with Crippen LogP contribution in [0, 0.1) is 10.1 Å². The summed E-state index contributed by atoms with van der Waals surface area (Å²) in [7, 11) is 0. The Kier molecular flexibility index (Phi) is 3.59. The normalized spacial score (nSPS) is 11.4. The van der Waals surface area contributed by atoms with Gasteiger partial charge in [-0.1, -0.05) is 18.2 Å². The Morgan fingerprint density at radius 3 is 2.88 bits per heavy atom. The molecule has 0 atom stereocenters. The average Bonchev–Trinajstić information content (AvgIpc) is 3.27. The molecule has 0 aliphatic heterocycles. The maximum Gasteiger partial charge on any atom is 0.270 e. The highest BCUT2D eigenvalue weighted by molar-refractivity contribution is 5.85. The SMILES string of the molecule is O=[N+]([O-])c1cccc(/C=N/c2c(-c3ccco3)nc3ccccn23)c1. The number of nitrogens with zero attached hydrogens (tertiary/aromatic N) is 4. The van der Waals surface area contributed by atoms with Crippen molar-refractivity contribution in [1.82, 2.24) is 9.38 Å². The van der Waals surface area contributed by atoms with Gasteiger partial charge < -0.3 is 4.42 Å². The van der Waals surface area contributed by atoms with Crippen LogP contribution < -0.4 is 0 Å². The highest BCUT2D eigenvalue weighted by Crippen LogP contribution is 2.31. The minimum atomic E-state index is -0.431. The molecule has 0 spiro atoms. The van der Waals surface area contributed by atoms with Crippen LogP contribution in [0.25, 0.3) is 17.1 Å². The fraction of sp³-hybridized carbons (Fsp3) is 0. The second-order valence-corrected chi connectivity index (χ2v) is 5.30. The molecular weight excluding hydrogens is 320 g/mol. The standard InChI is InChI=1S/C18H12N4O3/c23-22(24)14-6-3-5-13(11-14)12-19-18-17(15-7-4-10-25-15)20-16-8-1-2-9-21(16)18/h1-12H/b19-12+. The van der Waals surface area contributed by atoms with Gasteiger partial charge in [0.2, 0.25) is 0 Å². The molecule has 0 fully saturated rings. The van der Waals surface area contributed by atoms with E-state index in [4.69, 9.17) is 4.42 Å². The van der Waals surface area contributed by atoms with Crippen LogP contribution in [-0.4, -0.2) is 20.5 Å². The lowest BCUT2D eigenvalue weighted by Crippen LogP contribution is -1.90. The van der Waals surface area contributed by atoms with Crippen molar-refractivity contribution in [2.75, 3.05) is 0 Å². The summed E-state index contributed by atoms with van der Waals surface area (Å²) < 4.78 is 7.29. The van der Waals surface area contributed by atoms with Crippen molar-refractivity contribution >= 4 is 23.4 Å². The second-order valence-electron chi connectivity index (χ2n) is 5.30. The van der Waals surface area contributed by atoms with E-state index in [9.17, 15) is 10.1 Å². The van der Waals surface area contributed by atoms with E-state index < -0.39 is 4.92 Å². The molecule has 3 heterocycles. The fourth-order valence-corrected chi connectivity index (χ4v) is 2.54. The highest BCUT2D eigenvalue weighted by atomic mass is 16.6. The fourth-order valence-electron chi connectivity index (χ4n) is 2.54. The summed E-state index contributed by atoms with van der Waals surface area (Å²) in [5, 5.41) is 10.9. The Morgan fingerprint density at radius 2 is 2.08 bits per heavy atom. The summed E-state index contributed by atoms with van der Waals surface area (Å²) in [6.45, 7) is 0. The molecule has 25 heavy (non-hydrogen) atoms. The van der Waals surface area contributed by atoms with Crippen LogP contribution >= 0.6 is 0 Å². The number of fused-ring (bicyclic) bond motifs is 1. The van der Waals surface area contributed by atoms with E-state index in [2.05, 4.69) is 9.98 Å². The zero-order valence-corrected chi connectivity index (χ0v) is 12.9. The van der Waals surface area contributed by atoms with Gasteiger partial charge in [-0.3, -0.25) is 14.5 Å². The molecule has 4 rings (SSSR count). The molecule has 0 unspecified atom stereocenters. The number of imidazole rings is 1. The predicted molar refractivity (Wildman–Crippen MR) is 93.2 cm³/mol. The molecule has 0 bridgehead atoms. The van der Waals surface area contributed by atoms with Crippen LogP contribution in [0.1, 0.15) is 5.56 Å². The van der Waals surface area contributed by atoms with Crippen LogP contribution in [-0.2, 0) is 0 Å². The minimum absolute atomic E-state index is 0.0216. The first-order chi connectivity index (χ1) is 12.2. The van der Waals surface area contributed by atoms with Gasteiger partial charge in [0.25, 0.3) is 5.69 Å². The number of furan rings is 1. The van der Waals surface area contributed by atoms with Gasteiger partial charge in [0.15, 0.2) is 17.3 Å². The van der Waals surface area contributed by atoms with Crippen LogP contribution in [0.2, 0.25) is 0 Å². The lowest BCUT2D eigenvalue weighted by molar-refractivity contribution is -0.384. The molecule has 0 radical (unpaired) electrons. The molecule has 0 N–H and O–H groups in total. The Morgan fingerprint density at radius 1 is 1.16 bits per heavy atom. The van der Waals surface area contributed by atoms with Crippen LogP contribution in [0.4, 0.5) is 11.5 Å². The number of hydrogen-bond donors (Lipinski definition) is 0. The number of aromatic nitrogens is 2. The summed E-state index contributed by atoms with van der Waals surface area (Å²) in [6.07, 6.45) is 5.01. The molecule has 0 saturated heterocycles. The summed E-state index contributed by atoms with van der Waals surface area (Å²) in [6, 6.07) is 15.5. The summed E-state index contributed by atoms with van der Waals surface area (Å²) in [4.78, 5) is 19.5. The van der Waals surface area contributed by atoms with Gasteiger partial charge in [-0.15, -0.1) is 0 Å². The minimum Gasteiger partial charge on any atom is -0.463 e. The highest BCUT2D eigenvalue weighted by Gasteiger charge is 2.15. The Balaban J connectivity index is 1.82. The van der Waals surface area contributed by atoms with E-state index in [-0.39, 0.29) is 5.69 Å². The van der Waals surface area contributed by atoms with E-state index >= 15 is 0 Å². The van der Waals surface area contributed by atoms with Crippen molar-refractivity contribution in [1.29, 1.82) is 0 Å². The number of aliphatic imine (C=N–C) groups is 1. The average molecular weight is 332 g/mol. The first kappa shape index (κ1) is 14.8. The lowest BCUT2D eigenvalue weighted by Gasteiger charge is -1.98. The number of non-ortho nitro benzene ring substituents is 1. The van der Waals surface area contributed by atoms with Gasteiger partial charge in [0.1, 0.15) is 5.65 Å². The zero-order valence-electron chi connectivity index (χ0n) is 12.9. The van der Waals surface area contributed by atoms with Crippen molar-refractivity contribution in [3.05, 3.63) is 82.7 Å². The topological polar surface area (TPSA) is 85.9 Å². The molecule has 0 saturated carbocycles. The molecule has 7 nitrogen and oxygen atoms in total. The van der Waals surface area contributed by atoms with E-state index in [1.807, 2.05) is 34.9 Å². The number of hydrogen-bond acceptors (Lipinski definition) is 5. The third kappa shape index (κ3) is 2.78. The van der Waals surface area contributed by atoms with Crippen molar-refractivity contribution in [3.63, 3.8) is 0 Å². The number of pyridine rings is 1. The Hall–Kier alpha value is -3.74. The molecule has 3 aromatic heterocycles. The second kappa shape index (κ2) is 6.04. The quantitative estimate of drug-likeness (QED) is 0.317. The number of benzene rings is 1. The Bertz CT molecular complexity index is 1080. The van der Waals surface area contributed by atoms with Gasteiger partial charge in [0, 0.05) is 24.5 Å². The van der Waals surface area contributed by atoms with Gasteiger partial charge in [0.05, 0.1) is 11.2 Å². The van der Waals surface area contributed by atoms with Gasteiger partial charge in [-0.2, -0.15) is 0 Å². The van der Waals surface area contributed by atoms with Crippen LogP contribution in [0.15, 0.2) is 76.5 Å². The van der Waals surface area contributed by atoms with Crippen molar-refractivity contribution < 1.29 is 9.34 Å². The van der Waals surface area contributed by atoms with Gasteiger partial charge in [-0.25, -0.2) is 9.98 Å². The number of nitro groups is 1. The molecule has 0 aliphatic rings. The number of rotatable bonds is 4. The maximum atomic E-state index is 10.9. The maximum absolute atomic E-state index is 10.9. The van der Waals surface area contributed by atoms with E-state index in [0.29, 0.717) is 22.8 Å². The van der Waals surface area contributed by atoms with E-state index in [1.54, 1.807) is 30.7 Å². The molecule has 122 valence electrons. The summed E-state index contributed by atoms with van der Waals surface area (Å²) >= 11 is 0. The third-order valence-electron chi connectivity index (χ3n) is 3.68. The zero-order chi connectivity index (χ0) is 17.2. The molecule has 7 heteroatoms. The molecule has 0 aliphatic carbocycles. The summed E-state index contributed by atoms with van der Waals surface area (Å²) in [5.74, 6) is 1.20. The molecule has 0 amide bonds. The third-order valence-corrected chi connectivity index (χ3v) is 3.68. The van der Waals surface area contributed by atoms with Gasteiger partial charge >= 0.3 is 0 Å². The summed E-state index contributed by atoms with van der Waals surface area (Å²) in [5.41, 5.74) is 2.00. The van der Waals surface area contributed by atoms with E-state index in [0.717, 1.165) is 5.65 Å². The first-order valence-electron chi connectivity index (χ1n) is 7.52.